The monoisotopic (exact) mass is 860 g/mol. The van der Waals surface area contributed by atoms with Gasteiger partial charge in [-0.25, -0.2) is 9.37 Å². The molecule has 5 nitrogen and oxygen atoms in total. The summed E-state index contributed by atoms with van der Waals surface area (Å²) in [6.07, 6.45) is 1.84. The van der Waals surface area contributed by atoms with E-state index < -0.39 is 0 Å². The highest BCUT2D eigenvalue weighted by atomic mass is 19.1. The van der Waals surface area contributed by atoms with Gasteiger partial charge in [-0.2, -0.15) is 0 Å². The number of halogens is 1. The van der Waals surface area contributed by atoms with E-state index in [1.165, 1.54) is 16.8 Å². The number of pyridine rings is 1. The maximum atomic E-state index is 15.4. The molecule has 11 rings (SSSR count). The molecule has 0 unspecified atom stereocenters. The highest BCUT2D eigenvalue weighted by Crippen LogP contribution is 2.51. The van der Waals surface area contributed by atoms with Crippen molar-refractivity contribution in [1.29, 1.82) is 0 Å². The Hall–Kier alpha value is -7.96. The summed E-state index contributed by atoms with van der Waals surface area (Å²) < 4.78 is 24.7. The maximum Gasteiger partial charge on any atom is 0.137 e. The van der Waals surface area contributed by atoms with E-state index in [1.54, 1.807) is 12.1 Å². The fraction of sp³-hybridized carbons (Fsp3) is 0.117. The summed E-state index contributed by atoms with van der Waals surface area (Å²) in [6.45, 7) is 9.50. The fourth-order valence-corrected chi connectivity index (χ4v) is 9.79. The van der Waals surface area contributed by atoms with Gasteiger partial charge in [0.25, 0.3) is 0 Å². The van der Waals surface area contributed by atoms with Gasteiger partial charge in [0.1, 0.15) is 29.8 Å². The zero-order valence-electron chi connectivity index (χ0n) is 37.5. The Morgan fingerprint density at radius 3 is 1.80 bits per heavy atom. The number of benzene rings is 8. The van der Waals surface area contributed by atoms with Crippen LogP contribution in [0.5, 0.6) is 11.5 Å². The molecule has 10 aromatic rings. The van der Waals surface area contributed by atoms with Gasteiger partial charge in [0.15, 0.2) is 0 Å². The van der Waals surface area contributed by atoms with Crippen LogP contribution in [0, 0.1) is 5.82 Å². The zero-order chi connectivity index (χ0) is 44.9. The second-order valence-corrected chi connectivity index (χ2v) is 17.7. The first-order valence-electron chi connectivity index (χ1n) is 22.8. The van der Waals surface area contributed by atoms with Crippen molar-refractivity contribution in [1.82, 2.24) is 9.55 Å². The minimum atomic E-state index is -0.213. The summed E-state index contributed by atoms with van der Waals surface area (Å²) >= 11 is 0. The van der Waals surface area contributed by atoms with Crippen LogP contribution >= 0.6 is 0 Å². The maximum absolute atomic E-state index is 15.4. The van der Waals surface area contributed by atoms with Gasteiger partial charge in [-0.1, -0.05) is 137 Å². The van der Waals surface area contributed by atoms with Crippen molar-refractivity contribution in [2.45, 2.75) is 39.5 Å². The van der Waals surface area contributed by atoms with E-state index >= 15 is 4.39 Å². The van der Waals surface area contributed by atoms with E-state index in [9.17, 15) is 0 Å². The number of ether oxygens (including phenoxy) is 1. The smallest absolute Gasteiger partial charge is 0.137 e. The van der Waals surface area contributed by atoms with Crippen molar-refractivity contribution >= 4 is 44.6 Å². The molecule has 0 N–H and O–H groups in total. The number of anilines is 4. The average molecular weight is 861 g/mol. The molecule has 2 aromatic heterocycles. The second kappa shape index (κ2) is 16.9. The highest BCUT2D eigenvalue weighted by Gasteiger charge is 2.33. The van der Waals surface area contributed by atoms with Crippen LogP contribution in [0.1, 0.15) is 50.7 Å². The third kappa shape index (κ3) is 7.25. The molecule has 0 amide bonds. The van der Waals surface area contributed by atoms with Gasteiger partial charge in [0.05, 0.1) is 22.4 Å². The van der Waals surface area contributed by atoms with Gasteiger partial charge in [-0.05, 0) is 124 Å². The molecular formula is C60H49FN4O. The molecule has 0 bridgehead atoms. The summed E-state index contributed by atoms with van der Waals surface area (Å²) in [6, 6.07) is 66.8. The Labute approximate surface area is 385 Å². The van der Waals surface area contributed by atoms with Crippen LogP contribution in [0.2, 0.25) is 0 Å². The third-order valence-electron chi connectivity index (χ3n) is 12.9. The van der Waals surface area contributed by atoms with Gasteiger partial charge in [0, 0.05) is 46.0 Å². The van der Waals surface area contributed by atoms with Gasteiger partial charge in [0.2, 0.25) is 0 Å². The van der Waals surface area contributed by atoms with Crippen molar-refractivity contribution in [3.05, 3.63) is 217 Å². The molecule has 66 heavy (non-hydrogen) atoms. The number of fused-ring (bicyclic) bond motifs is 4. The first-order chi connectivity index (χ1) is 32.3. The Morgan fingerprint density at radius 1 is 0.485 bits per heavy atom. The number of aromatic nitrogens is 2. The Balaban J connectivity index is 1.07. The van der Waals surface area contributed by atoms with Crippen molar-refractivity contribution in [3.8, 4) is 50.7 Å². The topological polar surface area (TPSA) is 33.5 Å². The van der Waals surface area contributed by atoms with Crippen molar-refractivity contribution in [2.24, 2.45) is 0 Å². The molecule has 6 heteroatoms. The lowest BCUT2D eigenvalue weighted by molar-refractivity contribution is 0.483. The minimum absolute atomic E-state index is 0.178. The Bertz CT molecular complexity index is 3380. The molecule has 0 aliphatic carbocycles. The van der Waals surface area contributed by atoms with Gasteiger partial charge in [-0.15, -0.1) is 0 Å². The van der Waals surface area contributed by atoms with Crippen LogP contribution in [0.25, 0.3) is 61.0 Å². The molecule has 1 aliphatic heterocycles. The molecule has 0 radical (unpaired) electrons. The predicted molar refractivity (Wildman–Crippen MR) is 272 cm³/mol. The van der Waals surface area contributed by atoms with E-state index in [0.29, 0.717) is 12.2 Å². The van der Waals surface area contributed by atoms with Gasteiger partial charge < -0.3 is 14.5 Å². The lowest BCUT2D eigenvalue weighted by Gasteiger charge is -2.30. The molecule has 0 fully saturated rings. The fourth-order valence-electron chi connectivity index (χ4n) is 9.79. The summed E-state index contributed by atoms with van der Waals surface area (Å²) in [7, 11) is 0. The number of para-hydroxylation sites is 3. The van der Waals surface area contributed by atoms with Crippen LogP contribution in [-0.2, 0) is 0 Å². The van der Waals surface area contributed by atoms with E-state index in [-0.39, 0.29) is 17.7 Å². The first kappa shape index (κ1) is 40.8. The average Bonchev–Trinajstić information content (AvgIpc) is 3.90. The molecule has 0 spiro atoms. The van der Waals surface area contributed by atoms with Crippen LogP contribution in [0.3, 0.4) is 0 Å². The molecule has 322 valence electrons. The van der Waals surface area contributed by atoms with E-state index in [4.69, 9.17) is 9.72 Å². The summed E-state index contributed by atoms with van der Waals surface area (Å²) in [4.78, 5) is 9.62. The SMILES string of the molecule is CC(C)c1cc(-c2ccccc2F)cc(C(C)C)c1N1CN(c2cc(Oc3ccc4c5ccccc5n(-c5ccccn5)c4c3)cc(-c3ccccc3-c3ccccc3)c2)c2ccccc21. The minimum Gasteiger partial charge on any atom is -0.457 e. The number of nitrogens with zero attached hydrogens (tertiary/aromatic N) is 4. The van der Waals surface area contributed by atoms with Crippen molar-refractivity contribution in [3.63, 3.8) is 0 Å². The molecular weight excluding hydrogens is 812 g/mol. The normalized spacial score (nSPS) is 12.5. The van der Waals surface area contributed by atoms with Crippen LogP contribution < -0.4 is 14.5 Å². The molecule has 0 saturated carbocycles. The summed E-state index contributed by atoms with van der Waals surface area (Å²) in [5.74, 6) is 2.44. The van der Waals surface area contributed by atoms with Crippen LogP contribution in [-0.4, -0.2) is 16.2 Å². The lowest BCUT2D eigenvalue weighted by atomic mass is 9.87. The van der Waals surface area contributed by atoms with Crippen molar-refractivity contribution < 1.29 is 9.13 Å². The molecule has 1 aliphatic rings. The van der Waals surface area contributed by atoms with Crippen LogP contribution in [0.15, 0.2) is 200 Å². The number of hydrogen-bond acceptors (Lipinski definition) is 4. The van der Waals surface area contributed by atoms with E-state index in [0.717, 1.165) is 84.0 Å². The first-order valence-corrected chi connectivity index (χ1v) is 22.8. The molecule has 8 aromatic carbocycles. The number of hydrogen-bond donors (Lipinski definition) is 0. The Morgan fingerprint density at radius 2 is 1.09 bits per heavy atom. The largest absolute Gasteiger partial charge is 0.457 e. The van der Waals surface area contributed by atoms with Gasteiger partial charge >= 0.3 is 0 Å². The molecule has 0 saturated heterocycles. The lowest BCUT2D eigenvalue weighted by Crippen LogP contribution is -2.26. The Kier molecular flexibility index (Phi) is 10.4. The number of rotatable bonds is 10. The van der Waals surface area contributed by atoms with E-state index in [2.05, 4.69) is 194 Å². The highest BCUT2D eigenvalue weighted by molar-refractivity contribution is 6.09. The van der Waals surface area contributed by atoms with E-state index in [1.807, 2.05) is 36.5 Å². The van der Waals surface area contributed by atoms with Crippen LogP contribution in [0.4, 0.5) is 27.1 Å². The molecule has 3 heterocycles. The predicted octanol–water partition coefficient (Wildman–Crippen LogP) is 16.6. The molecule has 0 atom stereocenters. The zero-order valence-corrected chi connectivity index (χ0v) is 37.5. The third-order valence-corrected chi connectivity index (χ3v) is 12.9. The second-order valence-electron chi connectivity index (χ2n) is 17.7. The summed E-state index contributed by atoms with van der Waals surface area (Å²) in [5.41, 5.74) is 14.8. The summed E-state index contributed by atoms with van der Waals surface area (Å²) in [5, 5.41) is 2.29. The quantitative estimate of drug-likeness (QED) is 0.137. The standard InChI is InChI=1S/C60H49FN4O/c1-39(2)52-34-43(49-22-10-12-24-54(49)61)35-53(40(3)4)60(52)64-38-63(56-26-14-15-27-57(56)64)44-32-42(48-21-9-8-20-47(48)41-18-6-5-7-19-41)33-46(36-44)66-45-29-30-51-50-23-11-13-25-55(50)65(58(51)37-45)59-28-16-17-31-62-59/h5-37,39-40H,38H2,1-4H3. The van der Waals surface area contributed by atoms with Gasteiger partial charge in [-0.3, -0.25) is 4.57 Å². The van der Waals surface area contributed by atoms with Crippen molar-refractivity contribution in [2.75, 3.05) is 16.5 Å².